The van der Waals surface area contributed by atoms with Crippen molar-refractivity contribution in [3.63, 3.8) is 0 Å². The van der Waals surface area contributed by atoms with Crippen molar-refractivity contribution in [3.05, 3.63) is 39.5 Å². The van der Waals surface area contributed by atoms with Crippen molar-refractivity contribution in [1.29, 1.82) is 0 Å². The first kappa shape index (κ1) is 11.3. The largest absolute Gasteiger partial charge is 0.352 e. The summed E-state index contributed by atoms with van der Waals surface area (Å²) in [6.07, 6.45) is 2.87. The summed E-state index contributed by atoms with van der Waals surface area (Å²) in [5, 5.41) is 6.13. The SMILES string of the molecule is [N-]=[N+]=NCCNC(=O)c1ccncc1Cl. The number of aromatic nitrogens is 1. The monoisotopic (exact) mass is 225 g/mol. The minimum Gasteiger partial charge on any atom is -0.352 e. The molecule has 78 valence electrons. The smallest absolute Gasteiger partial charge is 0.252 e. The molecular weight excluding hydrogens is 218 g/mol. The molecule has 0 bridgehead atoms. The Morgan fingerprint density at radius 3 is 3.20 bits per heavy atom. The maximum Gasteiger partial charge on any atom is 0.252 e. The van der Waals surface area contributed by atoms with Crippen molar-refractivity contribution in [2.24, 2.45) is 5.11 Å². The van der Waals surface area contributed by atoms with Crippen LogP contribution in [-0.4, -0.2) is 24.0 Å². The van der Waals surface area contributed by atoms with Crippen molar-refractivity contribution < 1.29 is 4.79 Å². The molecule has 0 aromatic carbocycles. The van der Waals surface area contributed by atoms with Gasteiger partial charge in [-0.3, -0.25) is 9.78 Å². The van der Waals surface area contributed by atoms with Gasteiger partial charge in [-0.05, 0) is 11.6 Å². The molecule has 15 heavy (non-hydrogen) atoms. The summed E-state index contributed by atoms with van der Waals surface area (Å²) in [5.41, 5.74) is 8.36. The quantitative estimate of drug-likeness (QED) is 0.366. The van der Waals surface area contributed by atoms with Crippen LogP contribution in [0.1, 0.15) is 10.4 Å². The van der Waals surface area contributed by atoms with E-state index >= 15 is 0 Å². The van der Waals surface area contributed by atoms with Crippen LogP contribution in [0.2, 0.25) is 5.02 Å². The van der Waals surface area contributed by atoms with Crippen LogP contribution >= 0.6 is 11.6 Å². The summed E-state index contributed by atoms with van der Waals surface area (Å²) < 4.78 is 0. The van der Waals surface area contributed by atoms with Crippen LogP contribution in [0.25, 0.3) is 10.4 Å². The van der Waals surface area contributed by atoms with Crippen LogP contribution in [0.5, 0.6) is 0 Å². The van der Waals surface area contributed by atoms with Gasteiger partial charge in [0.15, 0.2) is 0 Å². The van der Waals surface area contributed by atoms with Crippen LogP contribution in [0.4, 0.5) is 0 Å². The van der Waals surface area contributed by atoms with Gasteiger partial charge in [0.25, 0.3) is 5.91 Å². The molecule has 1 N–H and O–H groups in total. The van der Waals surface area contributed by atoms with Crippen molar-refractivity contribution in [2.75, 3.05) is 13.1 Å². The molecule has 1 heterocycles. The fraction of sp³-hybridized carbons (Fsp3) is 0.250. The third-order valence-corrected chi connectivity index (χ3v) is 1.88. The molecular formula is C8H8ClN5O. The lowest BCUT2D eigenvalue weighted by Gasteiger charge is -2.03. The molecule has 0 unspecified atom stereocenters. The van der Waals surface area contributed by atoms with Gasteiger partial charge in [-0.15, -0.1) is 0 Å². The van der Waals surface area contributed by atoms with Gasteiger partial charge in [0.1, 0.15) is 0 Å². The van der Waals surface area contributed by atoms with Crippen LogP contribution in [-0.2, 0) is 0 Å². The van der Waals surface area contributed by atoms with Gasteiger partial charge in [-0.1, -0.05) is 16.7 Å². The van der Waals surface area contributed by atoms with Crippen LogP contribution in [0.3, 0.4) is 0 Å². The van der Waals surface area contributed by atoms with Gasteiger partial charge in [0.2, 0.25) is 0 Å². The van der Waals surface area contributed by atoms with E-state index in [2.05, 4.69) is 20.3 Å². The molecule has 0 aliphatic heterocycles. The fourth-order valence-electron chi connectivity index (χ4n) is 0.919. The Hall–Kier alpha value is -1.78. The van der Waals surface area contributed by atoms with Gasteiger partial charge in [-0.2, -0.15) is 0 Å². The average molecular weight is 226 g/mol. The fourth-order valence-corrected chi connectivity index (χ4v) is 1.12. The maximum atomic E-state index is 11.5. The number of halogens is 1. The van der Waals surface area contributed by atoms with Crippen LogP contribution in [0, 0.1) is 0 Å². The summed E-state index contributed by atoms with van der Waals surface area (Å²) in [4.78, 5) is 17.8. The molecule has 0 atom stereocenters. The highest BCUT2D eigenvalue weighted by Crippen LogP contribution is 2.12. The Balaban J connectivity index is 2.54. The molecule has 6 nitrogen and oxygen atoms in total. The lowest BCUT2D eigenvalue weighted by molar-refractivity contribution is 0.0955. The molecule has 0 aliphatic carbocycles. The summed E-state index contributed by atoms with van der Waals surface area (Å²) in [7, 11) is 0. The number of amides is 1. The van der Waals surface area contributed by atoms with E-state index in [0.29, 0.717) is 10.6 Å². The minimum atomic E-state index is -0.310. The molecule has 1 aromatic heterocycles. The van der Waals surface area contributed by atoms with Crippen molar-refractivity contribution in [2.45, 2.75) is 0 Å². The van der Waals surface area contributed by atoms with E-state index in [0.717, 1.165) is 0 Å². The molecule has 1 aromatic rings. The lowest BCUT2D eigenvalue weighted by Crippen LogP contribution is -2.26. The highest BCUT2D eigenvalue weighted by atomic mass is 35.5. The molecule has 0 saturated carbocycles. The molecule has 1 rings (SSSR count). The molecule has 0 radical (unpaired) electrons. The van der Waals surface area contributed by atoms with E-state index in [9.17, 15) is 4.79 Å². The summed E-state index contributed by atoms with van der Waals surface area (Å²) >= 11 is 5.75. The number of rotatable bonds is 4. The van der Waals surface area contributed by atoms with Crippen molar-refractivity contribution in [1.82, 2.24) is 10.3 Å². The first-order valence-corrected chi connectivity index (χ1v) is 4.52. The van der Waals surface area contributed by atoms with E-state index in [1.807, 2.05) is 0 Å². The van der Waals surface area contributed by atoms with Gasteiger partial charge in [0, 0.05) is 30.4 Å². The van der Waals surface area contributed by atoms with Gasteiger partial charge < -0.3 is 5.32 Å². The number of nitrogens with one attached hydrogen (secondary N) is 1. The predicted octanol–water partition coefficient (Wildman–Crippen LogP) is 1.78. The minimum absolute atomic E-state index is 0.213. The molecule has 7 heteroatoms. The number of hydrogen-bond donors (Lipinski definition) is 1. The van der Waals surface area contributed by atoms with Gasteiger partial charge in [-0.25, -0.2) is 0 Å². The summed E-state index contributed by atoms with van der Waals surface area (Å²) in [5.74, 6) is -0.310. The Bertz CT molecular complexity index is 402. The summed E-state index contributed by atoms with van der Waals surface area (Å²) in [6.45, 7) is 0.493. The summed E-state index contributed by atoms with van der Waals surface area (Å²) in [6, 6.07) is 1.52. The number of carbonyl (C=O) groups is 1. The standard InChI is InChI=1S/C8H8ClN5O/c9-7-5-11-2-1-6(7)8(15)12-3-4-13-14-10/h1-2,5H,3-4H2,(H,12,15). The topological polar surface area (TPSA) is 90.8 Å². The van der Waals surface area contributed by atoms with Crippen LogP contribution in [0.15, 0.2) is 23.6 Å². The second kappa shape index (κ2) is 5.85. The first-order valence-electron chi connectivity index (χ1n) is 4.14. The lowest BCUT2D eigenvalue weighted by atomic mass is 10.2. The Morgan fingerprint density at radius 1 is 1.73 bits per heavy atom. The number of hydrogen-bond acceptors (Lipinski definition) is 3. The third kappa shape index (κ3) is 3.46. The second-order valence-corrected chi connectivity index (χ2v) is 2.97. The molecule has 0 saturated heterocycles. The number of pyridine rings is 1. The Morgan fingerprint density at radius 2 is 2.53 bits per heavy atom. The molecule has 0 fully saturated rings. The highest BCUT2D eigenvalue weighted by Gasteiger charge is 2.08. The predicted molar refractivity (Wildman–Crippen MR) is 55.6 cm³/mol. The second-order valence-electron chi connectivity index (χ2n) is 2.57. The zero-order valence-corrected chi connectivity index (χ0v) is 8.48. The number of nitrogens with zero attached hydrogens (tertiary/aromatic N) is 4. The third-order valence-electron chi connectivity index (χ3n) is 1.58. The molecule has 0 aliphatic rings. The normalized spacial score (nSPS) is 9.13. The van der Waals surface area contributed by atoms with E-state index in [1.54, 1.807) is 0 Å². The van der Waals surface area contributed by atoms with E-state index in [-0.39, 0.29) is 19.0 Å². The van der Waals surface area contributed by atoms with Crippen molar-refractivity contribution >= 4 is 17.5 Å². The zero-order chi connectivity index (χ0) is 11.1. The number of azide groups is 1. The zero-order valence-electron chi connectivity index (χ0n) is 7.72. The van der Waals surface area contributed by atoms with E-state index < -0.39 is 0 Å². The first-order chi connectivity index (χ1) is 7.25. The van der Waals surface area contributed by atoms with Gasteiger partial charge in [0.05, 0.1) is 10.6 Å². The average Bonchev–Trinajstić information content (AvgIpc) is 2.25. The Labute approximate surface area is 90.9 Å². The maximum absolute atomic E-state index is 11.5. The molecule has 1 amide bonds. The number of carbonyl (C=O) groups excluding carboxylic acids is 1. The van der Waals surface area contributed by atoms with E-state index in [4.69, 9.17) is 17.1 Å². The molecule has 0 spiro atoms. The van der Waals surface area contributed by atoms with Gasteiger partial charge >= 0.3 is 0 Å². The highest BCUT2D eigenvalue weighted by molar-refractivity contribution is 6.33. The van der Waals surface area contributed by atoms with Crippen molar-refractivity contribution in [3.8, 4) is 0 Å². The Kier molecular flexibility index (Phi) is 4.40. The van der Waals surface area contributed by atoms with Crippen LogP contribution < -0.4 is 5.32 Å². The van der Waals surface area contributed by atoms with E-state index in [1.165, 1.54) is 18.5 Å².